The second kappa shape index (κ2) is 8.40. The van der Waals surface area contributed by atoms with Gasteiger partial charge < -0.3 is 14.9 Å². The molecule has 2 aromatic rings. The Morgan fingerprint density at radius 1 is 1.04 bits per heavy atom. The van der Waals surface area contributed by atoms with E-state index >= 15 is 0 Å². The molecular weight excluding hydrogens is 352 g/mol. The molecule has 1 saturated heterocycles. The Kier molecular flexibility index (Phi) is 5.95. The van der Waals surface area contributed by atoms with E-state index in [4.69, 9.17) is 0 Å². The van der Waals surface area contributed by atoms with Crippen LogP contribution in [0.4, 0.5) is 0 Å². The number of likely N-dealkylation sites (N-methyl/N-ethyl adjacent to an activating group) is 1. The number of rotatable bonds is 6. The first kappa shape index (κ1) is 19.8. The first-order valence-corrected chi connectivity index (χ1v) is 9.51. The number of aliphatic hydroxyl groups excluding tert-OH is 1. The van der Waals surface area contributed by atoms with Gasteiger partial charge in [0.2, 0.25) is 0 Å². The molecule has 0 spiro atoms. The maximum atomic E-state index is 12.9. The minimum atomic E-state index is -0.635. The third kappa shape index (κ3) is 3.85. The second-order valence-electron chi connectivity index (χ2n) is 7.26. The molecule has 0 bridgehead atoms. The van der Waals surface area contributed by atoms with Crippen molar-refractivity contribution in [2.24, 2.45) is 0 Å². The fraction of sp³-hybridized carbons (Fsp3) is 0.304. The van der Waals surface area contributed by atoms with Crippen LogP contribution in [0.15, 0.2) is 60.2 Å². The minimum absolute atomic E-state index is 0.123. The number of carbonyl (C=O) groups excluding carboxylic acids is 2. The highest BCUT2D eigenvalue weighted by Crippen LogP contribution is 2.39. The van der Waals surface area contributed by atoms with Crippen molar-refractivity contribution in [1.82, 2.24) is 9.80 Å². The Balaban J connectivity index is 2.10. The summed E-state index contributed by atoms with van der Waals surface area (Å²) >= 11 is 0. The number of benzene rings is 2. The van der Waals surface area contributed by atoms with E-state index in [9.17, 15) is 14.7 Å². The molecule has 1 heterocycles. The highest BCUT2D eigenvalue weighted by molar-refractivity contribution is 6.46. The van der Waals surface area contributed by atoms with Gasteiger partial charge in [-0.3, -0.25) is 9.59 Å². The molecule has 5 nitrogen and oxygen atoms in total. The van der Waals surface area contributed by atoms with Crippen molar-refractivity contribution >= 4 is 17.4 Å². The summed E-state index contributed by atoms with van der Waals surface area (Å²) in [5, 5.41) is 11.0. The van der Waals surface area contributed by atoms with Gasteiger partial charge in [-0.2, -0.15) is 0 Å². The van der Waals surface area contributed by atoms with Crippen LogP contribution in [0.3, 0.4) is 0 Å². The first-order valence-electron chi connectivity index (χ1n) is 9.51. The van der Waals surface area contributed by atoms with Gasteiger partial charge in [-0.05, 0) is 31.6 Å². The molecule has 1 N–H and O–H groups in total. The van der Waals surface area contributed by atoms with Gasteiger partial charge in [0.05, 0.1) is 11.6 Å². The van der Waals surface area contributed by atoms with Gasteiger partial charge >= 0.3 is 0 Å². The Bertz CT molecular complexity index is 886. The van der Waals surface area contributed by atoms with Gasteiger partial charge in [0.25, 0.3) is 11.7 Å². The van der Waals surface area contributed by atoms with E-state index in [-0.39, 0.29) is 11.3 Å². The lowest BCUT2D eigenvalue weighted by atomic mass is 9.95. The van der Waals surface area contributed by atoms with Crippen molar-refractivity contribution in [3.05, 3.63) is 76.9 Å². The van der Waals surface area contributed by atoms with E-state index in [1.54, 1.807) is 17.0 Å². The van der Waals surface area contributed by atoms with Crippen LogP contribution in [0, 0.1) is 0 Å². The van der Waals surface area contributed by atoms with Crippen LogP contribution in [0.1, 0.15) is 29.7 Å². The lowest BCUT2D eigenvalue weighted by Gasteiger charge is -2.26. The molecule has 0 saturated carbocycles. The summed E-state index contributed by atoms with van der Waals surface area (Å²) in [6, 6.07) is 16.2. The van der Waals surface area contributed by atoms with Crippen molar-refractivity contribution in [1.29, 1.82) is 0 Å². The lowest BCUT2D eigenvalue weighted by molar-refractivity contribution is -0.140. The Labute approximate surface area is 165 Å². The lowest BCUT2D eigenvalue weighted by Crippen LogP contribution is -2.35. The molecule has 146 valence electrons. The van der Waals surface area contributed by atoms with Crippen LogP contribution in [0.5, 0.6) is 0 Å². The molecule has 28 heavy (non-hydrogen) atoms. The zero-order chi connectivity index (χ0) is 20.3. The molecular formula is C23H26N2O3. The largest absolute Gasteiger partial charge is 0.507 e. The summed E-state index contributed by atoms with van der Waals surface area (Å²) in [5.41, 5.74) is 2.65. The van der Waals surface area contributed by atoms with Crippen LogP contribution < -0.4 is 0 Å². The highest BCUT2D eigenvalue weighted by Gasteiger charge is 2.45. The predicted molar refractivity (Wildman–Crippen MR) is 110 cm³/mol. The third-order valence-corrected chi connectivity index (χ3v) is 5.08. The number of aliphatic hydroxyl groups is 1. The van der Waals surface area contributed by atoms with Crippen molar-refractivity contribution in [3.63, 3.8) is 0 Å². The number of ketones is 1. The summed E-state index contributed by atoms with van der Waals surface area (Å²) in [4.78, 5) is 29.1. The normalized spacial score (nSPS) is 18.9. The SMILES string of the molecule is CCc1ccc(/C(O)=C2/C(=O)C(=O)N(CCN(C)C)C2c2ccccc2)cc1. The molecule has 0 radical (unpaired) electrons. The summed E-state index contributed by atoms with van der Waals surface area (Å²) in [5.74, 6) is -1.32. The first-order chi connectivity index (χ1) is 13.4. The topological polar surface area (TPSA) is 60.9 Å². The minimum Gasteiger partial charge on any atom is -0.507 e. The predicted octanol–water partition coefficient (Wildman–Crippen LogP) is 3.23. The standard InChI is InChI=1S/C23H26N2O3/c1-4-16-10-12-18(13-11-16)21(26)19-20(17-8-6-5-7-9-17)25(15-14-24(2)3)23(28)22(19)27/h5-13,20,26H,4,14-15H2,1-3H3/b21-19-. The maximum absolute atomic E-state index is 12.9. The van der Waals surface area contributed by atoms with Gasteiger partial charge in [0.15, 0.2) is 0 Å². The maximum Gasteiger partial charge on any atom is 0.295 e. The summed E-state index contributed by atoms with van der Waals surface area (Å²) < 4.78 is 0. The number of likely N-dealkylation sites (tertiary alicyclic amines) is 1. The second-order valence-corrected chi connectivity index (χ2v) is 7.26. The fourth-order valence-electron chi connectivity index (χ4n) is 3.45. The van der Waals surface area contributed by atoms with Gasteiger partial charge in [0, 0.05) is 18.7 Å². The molecule has 0 aliphatic carbocycles. The number of nitrogens with zero attached hydrogens (tertiary/aromatic N) is 2. The smallest absolute Gasteiger partial charge is 0.295 e. The Morgan fingerprint density at radius 2 is 1.68 bits per heavy atom. The molecule has 1 unspecified atom stereocenters. The number of hydrogen-bond acceptors (Lipinski definition) is 4. The number of hydrogen-bond donors (Lipinski definition) is 1. The van der Waals surface area contributed by atoms with Crippen LogP contribution in [0.2, 0.25) is 0 Å². The zero-order valence-electron chi connectivity index (χ0n) is 16.6. The monoisotopic (exact) mass is 378 g/mol. The number of carbonyl (C=O) groups is 2. The van der Waals surface area contributed by atoms with Crippen molar-refractivity contribution < 1.29 is 14.7 Å². The van der Waals surface area contributed by atoms with Crippen LogP contribution in [-0.4, -0.2) is 53.8 Å². The molecule has 1 amide bonds. The van der Waals surface area contributed by atoms with Crippen LogP contribution in [-0.2, 0) is 16.0 Å². The van der Waals surface area contributed by atoms with Crippen molar-refractivity contribution in [2.45, 2.75) is 19.4 Å². The molecule has 2 aromatic carbocycles. The van der Waals surface area contributed by atoms with E-state index in [0.29, 0.717) is 18.7 Å². The fourth-order valence-corrected chi connectivity index (χ4v) is 3.45. The molecule has 1 aliphatic rings. The molecule has 1 aliphatic heterocycles. The molecule has 5 heteroatoms. The summed E-state index contributed by atoms with van der Waals surface area (Å²) in [6.45, 7) is 3.09. The summed E-state index contributed by atoms with van der Waals surface area (Å²) in [6.07, 6.45) is 0.889. The third-order valence-electron chi connectivity index (χ3n) is 5.08. The number of Topliss-reactive ketones (excluding diaryl/α,β-unsaturated/α-hetero) is 1. The average molecular weight is 378 g/mol. The van der Waals surface area contributed by atoms with Gasteiger partial charge in [-0.15, -0.1) is 0 Å². The van der Waals surface area contributed by atoms with E-state index in [1.807, 2.05) is 61.5 Å². The molecule has 1 atom stereocenters. The molecule has 3 rings (SSSR count). The van der Waals surface area contributed by atoms with Gasteiger partial charge in [0.1, 0.15) is 5.76 Å². The van der Waals surface area contributed by atoms with Crippen molar-refractivity contribution in [3.8, 4) is 0 Å². The Hall–Kier alpha value is -2.92. The van der Waals surface area contributed by atoms with Gasteiger partial charge in [-0.1, -0.05) is 61.5 Å². The highest BCUT2D eigenvalue weighted by atomic mass is 16.3. The van der Waals surface area contributed by atoms with E-state index in [2.05, 4.69) is 6.92 Å². The average Bonchev–Trinajstić information content (AvgIpc) is 2.97. The quantitative estimate of drug-likeness (QED) is 0.476. The zero-order valence-corrected chi connectivity index (χ0v) is 16.6. The van der Waals surface area contributed by atoms with E-state index < -0.39 is 17.7 Å². The number of aryl methyl sites for hydroxylation is 1. The Morgan fingerprint density at radius 3 is 2.25 bits per heavy atom. The number of amides is 1. The van der Waals surface area contributed by atoms with Crippen LogP contribution >= 0.6 is 0 Å². The van der Waals surface area contributed by atoms with E-state index in [0.717, 1.165) is 17.5 Å². The van der Waals surface area contributed by atoms with E-state index in [1.165, 1.54) is 0 Å². The molecule has 0 aromatic heterocycles. The van der Waals surface area contributed by atoms with Gasteiger partial charge in [-0.25, -0.2) is 0 Å². The van der Waals surface area contributed by atoms with Crippen LogP contribution in [0.25, 0.3) is 5.76 Å². The summed E-state index contributed by atoms with van der Waals surface area (Å²) in [7, 11) is 3.84. The van der Waals surface area contributed by atoms with Crippen molar-refractivity contribution in [2.75, 3.05) is 27.2 Å². The molecule has 1 fully saturated rings.